The summed E-state index contributed by atoms with van der Waals surface area (Å²) in [4.78, 5) is 12.8. The van der Waals surface area contributed by atoms with Crippen LogP contribution in [-0.2, 0) is 10.0 Å². The van der Waals surface area contributed by atoms with E-state index in [9.17, 15) is 13.2 Å². The summed E-state index contributed by atoms with van der Waals surface area (Å²) in [5.74, 6) is -0.170. The molecule has 0 saturated carbocycles. The Morgan fingerprint density at radius 1 is 1.33 bits per heavy atom. The molecule has 1 amide bonds. The van der Waals surface area contributed by atoms with Crippen molar-refractivity contribution in [2.75, 3.05) is 0 Å². The fraction of sp³-hybridized carbons (Fsp3) is 0.214. The molecule has 5 nitrogen and oxygen atoms in total. The molecule has 1 atom stereocenters. The van der Waals surface area contributed by atoms with Crippen LogP contribution in [0.2, 0.25) is 0 Å². The molecule has 2 rings (SSSR count). The lowest BCUT2D eigenvalue weighted by Gasteiger charge is -2.15. The minimum Gasteiger partial charge on any atom is -0.345 e. The van der Waals surface area contributed by atoms with Crippen molar-refractivity contribution in [2.24, 2.45) is 5.14 Å². The molecule has 1 heterocycles. The molecule has 0 spiro atoms. The molecule has 3 N–H and O–H groups in total. The third-order valence-corrected chi connectivity index (χ3v) is 5.03. The first-order chi connectivity index (χ1) is 9.79. The van der Waals surface area contributed by atoms with E-state index in [0.29, 0.717) is 10.4 Å². The van der Waals surface area contributed by atoms with Crippen molar-refractivity contribution in [1.82, 2.24) is 5.32 Å². The van der Waals surface area contributed by atoms with Gasteiger partial charge in [-0.15, -0.1) is 11.3 Å². The number of carbonyl (C=O) groups is 1. The Morgan fingerprint density at radius 2 is 2.05 bits per heavy atom. The first-order valence-corrected chi connectivity index (χ1v) is 8.69. The molecule has 1 aromatic heterocycles. The highest BCUT2D eigenvalue weighted by molar-refractivity contribution is 7.89. The summed E-state index contributed by atoms with van der Waals surface area (Å²) in [7, 11) is -3.75. The van der Waals surface area contributed by atoms with Crippen molar-refractivity contribution in [1.29, 1.82) is 0 Å². The van der Waals surface area contributed by atoms with Crippen LogP contribution in [0.3, 0.4) is 0 Å². The summed E-state index contributed by atoms with van der Waals surface area (Å²) in [5.41, 5.74) is 1.60. The van der Waals surface area contributed by atoms with Crippen LogP contribution in [0, 0.1) is 6.92 Å². The number of benzene rings is 1. The third-order valence-electron chi connectivity index (χ3n) is 3.10. The van der Waals surface area contributed by atoms with Crippen LogP contribution >= 0.6 is 11.3 Å². The summed E-state index contributed by atoms with van der Waals surface area (Å²) in [5, 5.41) is 9.82. The maximum Gasteiger partial charge on any atom is 0.262 e. The zero-order valence-electron chi connectivity index (χ0n) is 11.7. The van der Waals surface area contributed by atoms with E-state index in [4.69, 9.17) is 5.14 Å². The standard InChI is InChI=1S/C14H16N2O3S2/c1-9-6-7-20-13(9)14(17)16-10(2)11-4-3-5-12(8-11)21(15,18)19/h3-8,10H,1-2H3,(H,16,17)(H2,15,18,19). The normalized spacial score (nSPS) is 12.9. The van der Waals surface area contributed by atoms with Crippen LogP contribution in [0.4, 0.5) is 0 Å². The van der Waals surface area contributed by atoms with Crippen molar-refractivity contribution in [2.45, 2.75) is 24.8 Å². The maximum absolute atomic E-state index is 12.1. The molecule has 0 saturated heterocycles. The van der Waals surface area contributed by atoms with E-state index in [1.165, 1.54) is 23.5 Å². The highest BCUT2D eigenvalue weighted by atomic mass is 32.2. The van der Waals surface area contributed by atoms with Gasteiger partial charge in [0.2, 0.25) is 10.0 Å². The van der Waals surface area contributed by atoms with Gasteiger partial charge in [-0.2, -0.15) is 0 Å². The topological polar surface area (TPSA) is 89.3 Å². The largest absolute Gasteiger partial charge is 0.345 e. The van der Waals surface area contributed by atoms with Gasteiger partial charge in [-0.1, -0.05) is 12.1 Å². The summed E-state index contributed by atoms with van der Waals surface area (Å²) < 4.78 is 22.7. The van der Waals surface area contributed by atoms with Crippen LogP contribution in [0.15, 0.2) is 40.6 Å². The second kappa shape index (κ2) is 5.97. The van der Waals surface area contributed by atoms with Gasteiger partial charge < -0.3 is 5.32 Å². The van der Waals surface area contributed by atoms with E-state index in [-0.39, 0.29) is 16.8 Å². The van der Waals surface area contributed by atoms with Gasteiger partial charge >= 0.3 is 0 Å². The summed E-state index contributed by atoms with van der Waals surface area (Å²) in [6, 6.07) is 7.82. The lowest BCUT2D eigenvalue weighted by atomic mass is 10.1. The smallest absolute Gasteiger partial charge is 0.262 e. The molecule has 0 aliphatic heterocycles. The number of rotatable bonds is 4. The number of sulfonamides is 1. The van der Waals surface area contributed by atoms with Crippen LogP contribution in [-0.4, -0.2) is 14.3 Å². The van der Waals surface area contributed by atoms with Crippen LogP contribution in [0.1, 0.15) is 33.8 Å². The SMILES string of the molecule is Cc1ccsc1C(=O)NC(C)c1cccc(S(N)(=O)=O)c1. The number of thiophene rings is 1. The second-order valence-corrected chi connectivity index (χ2v) is 7.22. The molecule has 0 aliphatic rings. The van der Waals surface area contributed by atoms with Crippen LogP contribution in [0.5, 0.6) is 0 Å². The molecular weight excluding hydrogens is 308 g/mol. The molecule has 21 heavy (non-hydrogen) atoms. The molecule has 1 unspecified atom stereocenters. The lowest BCUT2D eigenvalue weighted by molar-refractivity contribution is 0.0943. The Labute approximate surface area is 127 Å². The Balaban J connectivity index is 2.19. The zero-order chi connectivity index (χ0) is 15.6. The second-order valence-electron chi connectivity index (χ2n) is 4.75. The molecule has 0 fully saturated rings. The van der Waals surface area contributed by atoms with Gasteiger partial charge in [-0.25, -0.2) is 13.6 Å². The molecule has 0 aliphatic carbocycles. The molecule has 2 aromatic rings. The van der Waals surface area contributed by atoms with E-state index in [0.717, 1.165) is 5.56 Å². The number of hydrogen-bond acceptors (Lipinski definition) is 4. The number of aryl methyl sites for hydroxylation is 1. The van der Waals surface area contributed by atoms with Gasteiger partial charge in [0.15, 0.2) is 0 Å². The number of nitrogens with two attached hydrogens (primary N) is 1. The number of carbonyl (C=O) groups excluding carboxylic acids is 1. The predicted octanol–water partition coefficient (Wildman–Crippen LogP) is 2.19. The van der Waals surface area contributed by atoms with Gasteiger partial charge in [0.1, 0.15) is 0 Å². The van der Waals surface area contributed by atoms with Crippen molar-refractivity contribution in [3.63, 3.8) is 0 Å². The average molecular weight is 324 g/mol. The fourth-order valence-electron chi connectivity index (χ4n) is 1.91. The van der Waals surface area contributed by atoms with Crippen LogP contribution in [0.25, 0.3) is 0 Å². The van der Waals surface area contributed by atoms with Gasteiger partial charge in [0.25, 0.3) is 5.91 Å². The monoisotopic (exact) mass is 324 g/mol. The van der Waals surface area contributed by atoms with Crippen molar-refractivity contribution >= 4 is 27.3 Å². The highest BCUT2D eigenvalue weighted by Crippen LogP contribution is 2.20. The minimum absolute atomic E-state index is 0.0356. The Hall–Kier alpha value is -1.70. The molecule has 0 bridgehead atoms. The first-order valence-electron chi connectivity index (χ1n) is 6.27. The molecular formula is C14H16N2O3S2. The highest BCUT2D eigenvalue weighted by Gasteiger charge is 2.16. The number of primary sulfonamides is 1. The summed E-state index contributed by atoms with van der Waals surface area (Å²) >= 11 is 1.37. The van der Waals surface area contributed by atoms with Gasteiger partial charge in [0.05, 0.1) is 15.8 Å². The predicted molar refractivity (Wildman–Crippen MR) is 82.8 cm³/mol. The maximum atomic E-state index is 12.1. The average Bonchev–Trinajstić information content (AvgIpc) is 2.84. The minimum atomic E-state index is -3.75. The molecule has 7 heteroatoms. The quantitative estimate of drug-likeness (QED) is 0.903. The van der Waals surface area contributed by atoms with E-state index in [1.54, 1.807) is 19.1 Å². The number of nitrogens with one attached hydrogen (secondary N) is 1. The van der Waals surface area contributed by atoms with E-state index in [1.807, 2.05) is 18.4 Å². The Bertz CT molecular complexity index is 766. The molecule has 112 valence electrons. The van der Waals surface area contributed by atoms with Gasteiger partial charge in [-0.05, 0) is 48.6 Å². The third kappa shape index (κ3) is 3.69. The van der Waals surface area contributed by atoms with Crippen molar-refractivity contribution in [3.05, 3.63) is 51.7 Å². The van der Waals surface area contributed by atoms with E-state index >= 15 is 0 Å². The molecule has 1 aromatic carbocycles. The van der Waals surface area contributed by atoms with Crippen LogP contribution < -0.4 is 10.5 Å². The van der Waals surface area contributed by atoms with Crippen molar-refractivity contribution < 1.29 is 13.2 Å². The van der Waals surface area contributed by atoms with Gasteiger partial charge in [0, 0.05) is 0 Å². The Morgan fingerprint density at radius 3 is 2.62 bits per heavy atom. The van der Waals surface area contributed by atoms with E-state index in [2.05, 4.69) is 5.32 Å². The fourth-order valence-corrected chi connectivity index (χ4v) is 3.31. The Kier molecular flexibility index (Phi) is 4.46. The lowest BCUT2D eigenvalue weighted by Crippen LogP contribution is -2.26. The first kappa shape index (κ1) is 15.7. The summed E-state index contributed by atoms with van der Waals surface area (Å²) in [6.45, 7) is 3.67. The number of amides is 1. The zero-order valence-corrected chi connectivity index (χ0v) is 13.3. The van der Waals surface area contributed by atoms with Crippen molar-refractivity contribution in [3.8, 4) is 0 Å². The summed E-state index contributed by atoms with van der Waals surface area (Å²) in [6.07, 6.45) is 0. The van der Waals surface area contributed by atoms with Gasteiger partial charge in [-0.3, -0.25) is 4.79 Å². The number of hydrogen-bond donors (Lipinski definition) is 2. The molecule has 0 radical (unpaired) electrons. The van der Waals surface area contributed by atoms with E-state index < -0.39 is 10.0 Å².